The van der Waals surface area contributed by atoms with Gasteiger partial charge in [-0.05, 0) is 65.5 Å². The third-order valence-corrected chi connectivity index (χ3v) is 5.72. The van der Waals surface area contributed by atoms with Crippen molar-refractivity contribution in [3.63, 3.8) is 0 Å². The van der Waals surface area contributed by atoms with Crippen LogP contribution in [-0.4, -0.2) is 59.5 Å². The second kappa shape index (κ2) is 8.32. The van der Waals surface area contributed by atoms with E-state index in [1.807, 2.05) is 32.6 Å². The van der Waals surface area contributed by atoms with Crippen molar-refractivity contribution in [2.24, 2.45) is 5.92 Å². The Morgan fingerprint density at radius 3 is 2.47 bits per heavy atom. The van der Waals surface area contributed by atoms with Gasteiger partial charge in [0.1, 0.15) is 11.7 Å². The van der Waals surface area contributed by atoms with Gasteiger partial charge in [0, 0.05) is 19.1 Å². The smallest absolute Gasteiger partial charge is 0.410 e. The van der Waals surface area contributed by atoms with Crippen molar-refractivity contribution >= 4 is 17.7 Å². The van der Waals surface area contributed by atoms with Gasteiger partial charge < -0.3 is 24.4 Å². The van der Waals surface area contributed by atoms with Gasteiger partial charge in [0.25, 0.3) is 0 Å². The van der Waals surface area contributed by atoms with E-state index in [-0.39, 0.29) is 35.5 Å². The summed E-state index contributed by atoms with van der Waals surface area (Å²) in [4.78, 5) is 27.5. The molecule has 0 aromatic heterocycles. The van der Waals surface area contributed by atoms with Crippen LogP contribution in [0.15, 0.2) is 12.1 Å². The van der Waals surface area contributed by atoms with Gasteiger partial charge in [0.2, 0.25) is 0 Å². The molecule has 3 rings (SSSR count). The number of rotatable bonds is 3. The number of fused-ring (bicyclic) bond motifs is 1. The average molecular weight is 422 g/mol. The lowest BCUT2D eigenvalue weighted by atomic mass is 9.88. The van der Waals surface area contributed by atoms with Crippen molar-refractivity contribution in [2.45, 2.75) is 65.2 Å². The van der Waals surface area contributed by atoms with E-state index in [9.17, 15) is 19.1 Å². The summed E-state index contributed by atoms with van der Waals surface area (Å²) < 4.78 is 25.7. The van der Waals surface area contributed by atoms with Crippen molar-refractivity contribution in [3.8, 4) is 5.75 Å². The minimum atomic E-state index is -1.17. The lowest BCUT2D eigenvalue weighted by Crippen LogP contribution is -2.50. The standard InChI is InChI=1S/C22H31FN2O5/c1-13-12-25(18-11-16(20(26)27)10-17(23)19(18)29-13)14(2)15-6-8-24(9-7-15)21(28)30-22(3,4)5/h10-11,13-15H,6-9,12H2,1-5H3,(H,26,27)/t13-,14-/m0/s1. The van der Waals surface area contributed by atoms with Gasteiger partial charge in [-0.1, -0.05) is 0 Å². The van der Waals surface area contributed by atoms with Crippen molar-refractivity contribution in [1.29, 1.82) is 0 Å². The van der Waals surface area contributed by atoms with E-state index in [1.54, 1.807) is 4.90 Å². The van der Waals surface area contributed by atoms with Crippen LogP contribution in [0.2, 0.25) is 0 Å². The number of piperidine rings is 1. The van der Waals surface area contributed by atoms with Crippen molar-refractivity contribution in [1.82, 2.24) is 4.90 Å². The lowest BCUT2D eigenvalue weighted by Gasteiger charge is -2.44. The predicted octanol–water partition coefficient (Wildman–Crippen LogP) is 4.15. The second-order valence-corrected chi connectivity index (χ2v) is 9.24. The molecule has 1 saturated heterocycles. The monoisotopic (exact) mass is 422 g/mol. The summed E-state index contributed by atoms with van der Waals surface area (Å²) >= 11 is 0. The fourth-order valence-corrected chi connectivity index (χ4v) is 4.18. The van der Waals surface area contributed by atoms with Crippen LogP contribution in [0, 0.1) is 11.7 Å². The number of hydrogen-bond donors (Lipinski definition) is 1. The Bertz CT molecular complexity index is 814. The quantitative estimate of drug-likeness (QED) is 0.788. The largest absolute Gasteiger partial charge is 0.484 e. The molecule has 30 heavy (non-hydrogen) atoms. The maximum Gasteiger partial charge on any atom is 0.410 e. The van der Waals surface area contributed by atoms with Gasteiger partial charge in [-0.2, -0.15) is 0 Å². The van der Waals surface area contributed by atoms with E-state index in [1.165, 1.54) is 6.07 Å². The molecule has 1 N–H and O–H groups in total. The Hall–Kier alpha value is -2.51. The summed E-state index contributed by atoms with van der Waals surface area (Å²) in [5, 5.41) is 9.32. The van der Waals surface area contributed by atoms with Crippen molar-refractivity contribution in [2.75, 3.05) is 24.5 Å². The van der Waals surface area contributed by atoms with Crippen LogP contribution >= 0.6 is 0 Å². The zero-order chi connectivity index (χ0) is 22.2. The molecule has 2 heterocycles. The summed E-state index contributed by atoms with van der Waals surface area (Å²) in [6.45, 7) is 11.2. The van der Waals surface area contributed by atoms with Crippen molar-refractivity contribution < 1.29 is 28.6 Å². The molecular formula is C22H31FN2O5. The fourth-order valence-electron chi connectivity index (χ4n) is 4.18. The maximum absolute atomic E-state index is 14.5. The van der Waals surface area contributed by atoms with Gasteiger partial charge in [-0.3, -0.25) is 0 Å². The van der Waals surface area contributed by atoms with Crippen LogP contribution in [0.25, 0.3) is 0 Å². The van der Waals surface area contributed by atoms with E-state index < -0.39 is 17.4 Å². The topological polar surface area (TPSA) is 79.3 Å². The molecule has 166 valence electrons. The number of aromatic carboxylic acids is 1. The first-order chi connectivity index (χ1) is 14.0. The summed E-state index contributed by atoms with van der Waals surface area (Å²) in [5.41, 5.74) is -0.144. The summed E-state index contributed by atoms with van der Waals surface area (Å²) in [5.74, 6) is -1.45. The van der Waals surface area contributed by atoms with Gasteiger partial charge in [0.15, 0.2) is 11.6 Å². The first-order valence-corrected chi connectivity index (χ1v) is 10.4. The number of anilines is 1. The fraction of sp³-hybridized carbons (Fsp3) is 0.636. The number of nitrogens with zero attached hydrogens (tertiary/aromatic N) is 2. The molecule has 0 radical (unpaired) electrons. The zero-order valence-corrected chi connectivity index (χ0v) is 18.3. The highest BCUT2D eigenvalue weighted by Gasteiger charge is 2.36. The number of carbonyl (C=O) groups is 2. The number of halogens is 1. The minimum absolute atomic E-state index is 0.0410. The van der Waals surface area contributed by atoms with Gasteiger partial charge >= 0.3 is 12.1 Å². The molecule has 1 aromatic carbocycles. The summed E-state index contributed by atoms with van der Waals surface area (Å²) in [6.07, 6.45) is 1.07. The molecule has 7 nitrogen and oxygen atoms in total. The second-order valence-electron chi connectivity index (χ2n) is 9.24. The normalized spacial score (nSPS) is 20.9. The van der Waals surface area contributed by atoms with Crippen LogP contribution in [-0.2, 0) is 4.74 Å². The molecule has 0 spiro atoms. The number of carboxylic acid groups (broad SMARTS) is 1. The van der Waals surface area contributed by atoms with E-state index in [4.69, 9.17) is 9.47 Å². The van der Waals surface area contributed by atoms with Crippen LogP contribution in [0.4, 0.5) is 14.9 Å². The van der Waals surface area contributed by atoms with E-state index in [2.05, 4.69) is 6.92 Å². The van der Waals surface area contributed by atoms with Crippen LogP contribution in [0.3, 0.4) is 0 Å². The number of amides is 1. The molecule has 2 atom stereocenters. The lowest BCUT2D eigenvalue weighted by molar-refractivity contribution is 0.0174. The molecule has 8 heteroatoms. The minimum Gasteiger partial charge on any atom is -0.484 e. The highest BCUT2D eigenvalue weighted by molar-refractivity contribution is 5.90. The number of hydrogen-bond acceptors (Lipinski definition) is 5. The van der Waals surface area contributed by atoms with E-state index in [0.29, 0.717) is 25.3 Å². The first-order valence-electron chi connectivity index (χ1n) is 10.4. The Labute approximate surface area is 176 Å². The third-order valence-electron chi connectivity index (χ3n) is 5.72. The number of carboxylic acids is 1. The molecular weight excluding hydrogens is 391 g/mol. The van der Waals surface area contributed by atoms with Crippen LogP contribution < -0.4 is 9.64 Å². The Morgan fingerprint density at radius 1 is 1.27 bits per heavy atom. The molecule has 2 aliphatic heterocycles. The van der Waals surface area contributed by atoms with Gasteiger partial charge in [-0.25, -0.2) is 14.0 Å². The number of ether oxygens (including phenoxy) is 2. The molecule has 0 saturated carbocycles. The number of benzene rings is 1. The number of carbonyl (C=O) groups excluding carboxylic acids is 1. The third kappa shape index (κ3) is 4.79. The Morgan fingerprint density at radius 2 is 1.90 bits per heavy atom. The highest BCUT2D eigenvalue weighted by atomic mass is 19.1. The average Bonchev–Trinajstić information content (AvgIpc) is 2.66. The van der Waals surface area contributed by atoms with E-state index >= 15 is 0 Å². The predicted molar refractivity (Wildman–Crippen MR) is 111 cm³/mol. The molecule has 0 bridgehead atoms. The molecule has 0 aliphatic carbocycles. The van der Waals surface area contributed by atoms with Crippen LogP contribution in [0.1, 0.15) is 57.8 Å². The maximum atomic E-state index is 14.5. The van der Waals surface area contributed by atoms with Gasteiger partial charge in [0.05, 0.1) is 17.8 Å². The zero-order valence-electron chi connectivity index (χ0n) is 18.3. The van der Waals surface area contributed by atoms with Crippen LogP contribution in [0.5, 0.6) is 5.75 Å². The summed E-state index contributed by atoms with van der Waals surface area (Å²) in [6, 6.07) is 2.53. The summed E-state index contributed by atoms with van der Waals surface area (Å²) in [7, 11) is 0. The SMILES string of the molecule is C[C@H]1CN([C@@H](C)C2CCN(C(=O)OC(C)(C)C)CC2)c2cc(C(=O)O)cc(F)c2O1. The highest BCUT2D eigenvalue weighted by Crippen LogP contribution is 2.40. The Balaban J connectivity index is 1.75. The molecule has 1 fully saturated rings. The molecule has 2 aliphatic rings. The first kappa shape index (κ1) is 22.2. The molecule has 1 amide bonds. The van der Waals surface area contributed by atoms with Crippen molar-refractivity contribution in [3.05, 3.63) is 23.5 Å². The molecule has 1 aromatic rings. The van der Waals surface area contributed by atoms with Gasteiger partial charge in [-0.15, -0.1) is 0 Å². The number of likely N-dealkylation sites (tertiary alicyclic amines) is 1. The van der Waals surface area contributed by atoms with E-state index in [0.717, 1.165) is 18.9 Å². The molecule has 0 unspecified atom stereocenters. The Kier molecular flexibility index (Phi) is 6.15.